The lowest BCUT2D eigenvalue weighted by Gasteiger charge is -2.65. The molecule has 29 heavy (non-hydrogen) atoms. The second-order valence-electron chi connectivity index (χ2n) is 9.83. The molecule has 7 atom stereocenters. The highest BCUT2D eigenvalue weighted by Gasteiger charge is 2.81. The van der Waals surface area contributed by atoms with E-state index in [1.165, 1.54) is 12.8 Å². The molecule has 2 heterocycles. The molecule has 1 aromatic carbocycles. The third-order valence-electron chi connectivity index (χ3n) is 8.43. The number of rotatable bonds is 2. The van der Waals surface area contributed by atoms with E-state index in [4.69, 9.17) is 4.74 Å². The van der Waals surface area contributed by atoms with Crippen LogP contribution in [-0.2, 0) is 16.6 Å². The minimum atomic E-state index is -1.70. The van der Waals surface area contributed by atoms with Gasteiger partial charge in [0.15, 0.2) is 23.2 Å². The van der Waals surface area contributed by atoms with Gasteiger partial charge in [0.25, 0.3) is 0 Å². The Bertz CT molecular complexity index is 915. The molecule has 0 aromatic heterocycles. The minimum Gasteiger partial charge on any atom is -0.504 e. The summed E-state index contributed by atoms with van der Waals surface area (Å²) in [7, 11) is 2.13. The fourth-order valence-electron chi connectivity index (χ4n) is 6.97. The lowest BCUT2D eigenvalue weighted by atomic mass is 9.47. The van der Waals surface area contributed by atoms with Gasteiger partial charge in [0, 0.05) is 24.3 Å². The predicted molar refractivity (Wildman–Crippen MR) is 103 cm³/mol. The summed E-state index contributed by atoms with van der Waals surface area (Å²) in [5, 5.41) is 44.2. The molecule has 0 amide bonds. The summed E-state index contributed by atoms with van der Waals surface area (Å²) in [6, 6.07) is 3.07. The van der Waals surface area contributed by atoms with Gasteiger partial charge in [-0.3, -0.25) is 4.79 Å². The quantitative estimate of drug-likeness (QED) is 0.411. The number of Topliss-reactive ketones (excluding diaryl/α,β-unsaturated/α-hetero) is 1. The first-order valence-electron chi connectivity index (χ1n) is 10.2. The zero-order valence-corrected chi connectivity index (χ0v) is 16.8. The average molecular weight is 403 g/mol. The molecule has 7 heteroatoms. The molecule has 4 N–H and O–H groups in total. The molecule has 5 aliphatic rings. The number of piperidine rings is 1. The highest BCUT2D eigenvalue weighted by atomic mass is 16.5. The molecule has 1 aromatic rings. The van der Waals surface area contributed by atoms with E-state index in [9.17, 15) is 25.2 Å². The predicted octanol–water partition coefficient (Wildman–Crippen LogP) is 0.0619. The van der Waals surface area contributed by atoms with Crippen molar-refractivity contribution in [2.45, 2.75) is 61.1 Å². The zero-order valence-electron chi connectivity index (χ0n) is 16.8. The van der Waals surface area contributed by atoms with Crippen LogP contribution in [-0.4, -0.2) is 80.8 Å². The number of quaternary nitrogens is 1. The number of hydrogen-bond donors (Lipinski definition) is 4. The van der Waals surface area contributed by atoms with E-state index < -0.39 is 35.1 Å². The molecule has 2 aliphatic heterocycles. The van der Waals surface area contributed by atoms with Crippen LogP contribution >= 0.6 is 0 Å². The van der Waals surface area contributed by atoms with E-state index in [-0.39, 0.29) is 25.0 Å². The number of hydrogen-bond acceptors (Lipinski definition) is 6. The summed E-state index contributed by atoms with van der Waals surface area (Å²) >= 11 is 0. The van der Waals surface area contributed by atoms with Crippen molar-refractivity contribution in [2.75, 3.05) is 20.1 Å². The number of aliphatic hydroxyl groups is 3. The van der Waals surface area contributed by atoms with Crippen LogP contribution in [0.3, 0.4) is 0 Å². The first-order chi connectivity index (χ1) is 13.2. The van der Waals surface area contributed by atoms with Gasteiger partial charge in [-0.15, -0.1) is 0 Å². The molecule has 2 bridgehead atoms. The maximum absolute atomic E-state index is 12.9. The van der Waals surface area contributed by atoms with Gasteiger partial charge in [-0.2, -0.15) is 0 Å². The largest absolute Gasteiger partial charge is 0.504 e. The van der Waals surface area contributed by atoms with Gasteiger partial charge in [-0.1, -0.05) is 6.07 Å². The topological polar surface area (TPSA) is 107 Å². The number of aliphatic hydroxyl groups excluding tert-OH is 2. The Kier molecular flexibility index (Phi) is 3.67. The Morgan fingerprint density at radius 3 is 2.69 bits per heavy atom. The van der Waals surface area contributed by atoms with Crippen LogP contribution in [0.4, 0.5) is 0 Å². The average Bonchev–Trinajstić information content (AvgIpc) is 3.39. The standard InChI is InChI=1S/C21H25NO6.CH3/c1-22(9-10-2-3-10)7-6-20-14-11-4-5-12(23)17(14)28-19(20)16(25)15(24)18(26)21(20,27)13(22)8-11;/h4-5,10,13,15,18-19,24,26-27H,2-3,6-9H2,1H3;1H3/q;-1/p+1/t13-,15?,18?,19+,20+,21+,22-;/m1./s1. The molecule has 2 unspecified atom stereocenters. The number of ketones is 1. The number of nitrogens with zero attached hydrogens (tertiary/aromatic N) is 1. The van der Waals surface area contributed by atoms with E-state index in [1.54, 1.807) is 6.07 Å². The fourth-order valence-corrected chi connectivity index (χ4v) is 6.97. The zero-order chi connectivity index (χ0) is 19.6. The maximum atomic E-state index is 12.9. The summed E-state index contributed by atoms with van der Waals surface area (Å²) in [5.41, 5.74) is -1.20. The van der Waals surface area contributed by atoms with Crippen LogP contribution < -0.4 is 4.74 Å². The van der Waals surface area contributed by atoms with Crippen molar-refractivity contribution in [3.05, 3.63) is 30.7 Å². The second kappa shape index (κ2) is 5.52. The van der Waals surface area contributed by atoms with Gasteiger partial charge < -0.3 is 37.1 Å². The van der Waals surface area contributed by atoms with Crippen LogP contribution in [0.1, 0.15) is 30.4 Å². The number of ether oxygens (including phenoxy) is 1. The smallest absolute Gasteiger partial charge is 0.205 e. The Hall–Kier alpha value is -1.67. The SMILES string of the molecule is C[N@+]1(CC2CC2)CC[C@]23c4c5ccc(O)c4O[C@H]2C(=O)C(O)C(O)[C@@]3(O)[C@H]1C5.[CH3-]. The van der Waals surface area contributed by atoms with Gasteiger partial charge in [0.05, 0.1) is 25.6 Å². The number of likely N-dealkylation sites (tertiary alicyclic amines) is 1. The van der Waals surface area contributed by atoms with Gasteiger partial charge in [-0.05, 0) is 24.5 Å². The van der Waals surface area contributed by atoms with E-state index in [0.717, 1.165) is 18.7 Å². The number of carbonyl (C=O) groups is 1. The third kappa shape index (κ3) is 1.95. The molecule has 1 saturated heterocycles. The summed E-state index contributed by atoms with van der Waals surface area (Å²) in [6.45, 7) is 1.68. The van der Waals surface area contributed by atoms with Crippen molar-refractivity contribution >= 4 is 5.78 Å². The molecular formula is C22H29NO6. The van der Waals surface area contributed by atoms with Crippen molar-refractivity contribution in [3.8, 4) is 11.5 Å². The maximum Gasteiger partial charge on any atom is 0.205 e. The molecule has 0 radical (unpaired) electrons. The number of phenolic OH excluding ortho intramolecular Hbond substituents is 1. The normalized spacial score (nSPS) is 46.6. The van der Waals surface area contributed by atoms with Crippen LogP contribution in [0.15, 0.2) is 12.1 Å². The van der Waals surface area contributed by atoms with Crippen molar-refractivity contribution < 1.29 is 34.4 Å². The molecule has 7 nitrogen and oxygen atoms in total. The van der Waals surface area contributed by atoms with Crippen molar-refractivity contribution in [3.63, 3.8) is 0 Å². The Balaban J connectivity index is 0.00000181. The molecular weight excluding hydrogens is 374 g/mol. The molecule has 3 aliphatic carbocycles. The summed E-state index contributed by atoms with van der Waals surface area (Å²) in [4.78, 5) is 12.9. The first-order valence-corrected chi connectivity index (χ1v) is 10.2. The highest BCUT2D eigenvalue weighted by molar-refractivity contribution is 5.94. The summed E-state index contributed by atoms with van der Waals surface area (Å²) < 4.78 is 6.54. The van der Waals surface area contributed by atoms with Crippen molar-refractivity contribution in [1.82, 2.24) is 0 Å². The minimum absolute atomic E-state index is 0. The number of carbonyl (C=O) groups excluding carboxylic acids is 1. The molecule has 158 valence electrons. The van der Waals surface area contributed by atoms with Crippen molar-refractivity contribution in [1.29, 1.82) is 0 Å². The van der Waals surface area contributed by atoms with Gasteiger partial charge >= 0.3 is 0 Å². The van der Waals surface area contributed by atoms with E-state index in [1.807, 2.05) is 6.07 Å². The van der Waals surface area contributed by atoms with Gasteiger partial charge in [0.2, 0.25) is 5.78 Å². The third-order valence-corrected chi connectivity index (χ3v) is 8.43. The molecule has 3 fully saturated rings. The van der Waals surface area contributed by atoms with Crippen LogP contribution in [0.5, 0.6) is 11.5 Å². The Morgan fingerprint density at radius 2 is 2.00 bits per heavy atom. The lowest BCUT2D eigenvalue weighted by Crippen LogP contribution is -2.86. The fraction of sp³-hybridized carbons (Fsp3) is 0.636. The number of phenols is 1. The molecule has 2 saturated carbocycles. The lowest BCUT2D eigenvalue weighted by molar-refractivity contribution is -0.951. The van der Waals surface area contributed by atoms with E-state index in [0.29, 0.717) is 28.8 Å². The van der Waals surface area contributed by atoms with E-state index in [2.05, 4.69) is 7.05 Å². The van der Waals surface area contributed by atoms with Crippen LogP contribution in [0.2, 0.25) is 0 Å². The van der Waals surface area contributed by atoms with E-state index >= 15 is 0 Å². The van der Waals surface area contributed by atoms with Crippen molar-refractivity contribution in [2.24, 2.45) is 5.92 Å². The van der Waals surface area contributed by atoms with Gasteiger partial charge in [-0.25, -0.2) is 0 Å². The monoisotopic (exact) mass is 403 g/mol. The number of aromatic hydroxyl groups is 1. The van der Waals surface area contributed by atoms with Crippen LogP contribution in [0.25, 0.3) is 0 Å². The molecule has 1 spiro atoms. The first kappa shape index (κ1) is 19.3. The number of likely N-dealkylation sites (N-methyl/N-ethyl adjacent to an activating group) is 1. The second-order valence-corrected chi connectivity index (χ2v) is 9.83. The van der Waals surface area contributed by atoms with Gasteiger partial charge in [0.1, 0.15) is 18.2 Å². The van der Waals surface area contributed by atoms with Crippen LogP contribution in [0, 0.1) is 13.3 Å². The Morgan fingerprint density at radius 1 is 1.28 bits per heavy atom. The Labute approximate surface area is 170 Å². The molecule has 6 rings (SSSR count). The summed E-state index contributed by atoms with van der Waals surface area (Å²) in [6.07, 6.45) is -1.01. The number of benzene rings is 1. The highest BCUT2D eigenvalue weighted by Crippen LogP contribution is 2.65. The summed E-state index contributed by atoms with van der Waals surface area (Å²) in [5.74, 6) is 0.174.